The number of anilines is 1. The van der Waals surface area contributed by atoms with Gasteiger partial charge in [-0.1, -0.05) is 11.6 Å². The molecule has 0 radical (unpaired) electrons. The number of fused-ring (bicyclic) bond motifs is 2. The first-order valence-corrected chi connectivity index (χ1v) is 9.11. The average molecular weight is 420 g/mol. The quantitative estimate of drug-likeness (QED) is 0.536. The van der Waals surface area contributed by atoms with Crippen LogP contribution in [0.1, 0.15) is 28.7 Å². The van der Waals surface area contributed by atoms with Crippen molar-refractivity contribution in [2.45, 2.75) is 18.6 Å². The fraction of sp³-hybridized carbons (Fsp3) is 0.222. The number of rotatable bonds is 2. The summed E-state index contributed by atoms with van der Waals surface area (Å²) in [6.07, 6.45) is 1.09. The summed E-state index contributed by atoms with van der Waals surface area (Å²) in [5.41, 5.74) is 2.16. The zero-order chi connectivity index (χ0) is 20.2. The molecule has 5 rings (SSSR count). The van der Waals surface area contributed by atoms with Crippen molar-refractivity contribution < 1.29 is 13.2 Å². The van der Waals surface area contributed by atoms with Gasteiger partial charge in [-0.15, -0.1) is 0 Å². The van der Waals surface area contributed by atoms with E-state index in [2.05, 4.69) is 25.0 Å². The third-order valence-electron chi connectivity index (χ3n) is 4.90. The van der Waals surface area contributed by atoms with Gasteiger partial charge in [-0.3, -0.25) is 0 Å². The Bertz CT molecular complexity index is 1180. The minimum Gasteiger partial charge on any atom is -0.348 e. The molecule has 7 nitrogen and oxygen atoms in total. The minimum absolute atomic E-state index is 0.180. The number of halogens is 4. The second kappa shape index (κ2) is 6.45. The van der Waals surface area contributed by atoms with Gasteiger partial charge in [0, 0.05) is 37.3 Å². The van der Waals surface area contributed by atoms with Crippen molar-refractivity contribution in [3.63, 3.8) is 0 Å². The van der Waals surface area contributed by atoms with Gasteiger partial charge in [-0.05, 0) is 18.2 Å². The molecule has 29 heavy (non-hydrogen) atoms. The van der Waals surface area contributed by atoms with Crippen LogP contribution in [0.2, 0.25) is 5.02 Å². The maximum atomic E-state index is 12.9. The van der Waals surface area contributed by atoms with E-state index in [1.807, 2.05) is 6.07 Å². The summed E-state index contributed by atoms with van der Waals surface area (Å²) in [7, 11) is 0. The predicted octanol–water partition coefficient (Wildman–Crippen LogP) is 3.67. The van der Waals surface area contributed by atoms with Crippen molar-refractivity contribution in [2.24, 2.45) is 0 Å². The highest BCUT2D eigenvalue weighted by atomic mass is 35.5. The smallest absolute Gasteiger partial charge is 0.348 e. The fourth-order valence-electron chi connectivity index (χ4n) is 3.54. The summed E-state index contributed by atoms with van der Waals surface area (Å²) >= 11 is 6.27. The van der Waals surface area contributed by atoms with Crippen LogP contribution in [0.4, 0.5) is 19.1 Å². The zero-order valence-corrected chi connectivity index (χ0v) is 15.5. The van der Waals surface area contributed by atoms with E-state index < -0.39 is 17.8 Å². The van der Waals surface area contributed by atoms with Gasteiger partial charge in [-0.2, -0.15) is 18.3 Å². The first kappa shape index (κ1) is 17.9. The Hall–Kier alpha value is -3.14. The van der Waals surface area contributed by atoms with Crippen LogP contribution < -0.4 is 4.90 Å². The van der Waals surface area contributed by atoms with Gasteiger partial charge in [0.15, 0.2) is 0 Å². The Morgan fingerprint density at radius 3 is 2.69 bits per heavy atom. The standard InChI is InChI=1S/C18H13ClF3N7/c19-11-2-1-4-29-14(11)6-13(27-29)16-15-12(25-9-26-15)3-5-28(16)17-23-7-10(8-24-17)18(20,21)22/h1-2,4,6-9,16H,3,5H2,(H,25,26). The molecular formula is C18H13ClF3N7. The van der Waals surface area contributed by atoms with Crippen molar-refractivity contribution in [1.82, 2.24) is 29.5 Å². The monoisotopic (exact) mass is 419 g/mol. The maximum absolute atomic E-state index is 12.9. The first-order chi connectivity index (χ1) is 13.9. The largest absolute Gasteiger partial charge is 0.419 e. The first-order valence-electron chi connectivity index (χ1n) is 8.73. The third-order valence-corrected chi connectivity index (χ3v) is 5.22. The molecule has 11 heteroatoms. The van der Waals surface area contributed by atoms with Crippen LogP contribution >= 0.6 is 11.6 Å². The van der Waals surface area contributed by atoms with Gasteiger partial charge in [0.05, 0.1) is 33.8 Å². The fourth-order valence-corrected chi connectivity index (χ4v) is 3.75. The number of aromatic amines is 1. The number of nitrogens with one attached hydrogen (secondary N) is 1. The third kappa shape index (κ3) is 3.00. The summed E-state index contributed by atoms with van der Waals surface area (Å²) in [6, 6.07) is 4.93. The second-order valence-electron chi connectivity index (χ2n) is 6.64. The van der Waals surface area contributed by atoms with Crippen LogP contribution in [0.5, 0.6) is 0 Å². The van der Waals surface area contributed by atoms with Gasteiger partial charge in [-0.25, -0.2) is 19.5 Å². The maximum Gasteiger partial charge on any atom is 0.419 e. The van der Waals surface area contributed by atoms with E-state index in [4.69, 9.17) is 11.6 Å². The van der Waals surface area contributed by atoms with Crippen LogP contribution in [0.25, 0.3) is 5.52 Å². The van der Waals surface area contributed by atoms with Gasteiger partial charge in [0.2, 0.25) is 5.95 Å². The molecule has 0 aliphatic carbocycles. The predicted molar refractivity (Wildman–Crippen MR) is 98.7 cm³/mol. The lowest BCUT2D eigenvalue weighted by atomic mass is 10.00. The number of pyridine rings is 1. The van der Waals surface area contributed by atoms with Crippen molar-refractivity contribution in [3.05, 3.63) is 70.8 Å². The number of hydrogen-bond donors (Lipinski definition) is 1. The highest BCUT2D eigenvalue weighted by Crippen LogP contribution is 2.36. The molecule has 1 atom stereocenters. The van der Waals surface area contributed by atoms with Crippen molar-refractivity contribution in [1.29, 1.82) is 0 Å². The number of hydrogen-bond acceptors (Lipinski definition) is 5. The number of H-pyrrole nitrogens is 1. The molecule has 0 amide bonds. The van der Waals surface area contributed by atoms with Crippen molar-refractivity contribution in [2.75, 3.05) is 11.4 Å². The Kier molecular flexibility index (Phi) is 3.98. The average Bonchev–Trinajstić information content (AvgIpc) is 3.34. The van der Waals surface area contributed by atoms with Gasteiger partial charge >= 0.3 is 6.18 Å². The molecule has 0 saturated heterocycles. The molecule has 4 aromatic rings. The lowest BCUT2D eigenvalue weighted by Gasteiger charge is -2.33. The van der Waals surface area contributed by atoms with E-state index in [1.54, 1.807) is 34.1 Å². The minimum atomic E-state index is -4.49. The molecule has 0 bridgehead atoms. The van der Waals surface area contributed by atoms with Gasteiger partial charge < -0.3 is 9.88 Å². The second-order valence-corrected chi connectivity index (χ2v) is 7.04. The highest BCUT2D eigenvalue weighted by Gasteiger charge is 2.36. The van der Waals surface area contributed by atoms with Crippen LogP contribution in [0, 0.1) is 0 Å². The van der Waals surface area contributed by atoms with Crippen LogP contribution in [0.15, 0.2) is 43.1 Å². The summed E-state index contributed by atoms with van der Waals surface area (Å²) in [6.45, 7) is 0.493. The lowest BCUT2D eigenvalue weighted by Crippen LogP contribution is -2.37. The summed E-state index contributed by atoms with van der Waals surface area (Å²) in [4.78, 5) is 17.3. The van der Waals surface area contributed by atoms with Gasteiger partial charge in [0.25, 0.3) is 0 Å². The van der Waals surface area contributed by atoms with Crippen LogP contribution in [-0.2, 0) is 12.6 Å². The number of alkyl halides is 3. The number of aromatic nitrogens is 6. The lowest BCUT2D eigenvalue weighted by molar-refractivity contribution is -0.138. The molecule has 1 aliphatic rings. The molecule has 1 unspecified atom stereocenters. The van der Waals surface area contributed by atoms with E-state index in [0.29, 0.717) is 23.7 Å². The highest BCUT2D eigenvalue weighted by molar-refractivity contribution is 6.33. The molecular weight excluding hydrogens is 407 g/mol. The Morgan fingerprint density at radius 2 is 1.97 bits per heavy atom. The number of imidazole rings is 1. The number of nitrogens with zero attached hydrogens (tertiary/aromatic N) is 6. The van der Waals surface area contributed by atoms with E-state index in [-0.39, 0.29) is 5.95 Å². The molecule has 1 aliphatic heterocycles. The summed E-state index contributed by atoms with van der Waals surface area (Å²) < 4.78 is 40.3. The Balaban J connectivity index is 1.61. The van der Waals surface area contributed by atoms with E-state index in [0.717, 1.165) is 29.3 Å². The Morgan fingerprint density at radius 1 is 1.17 bits per heavy atom. The van der Waals surface area contributed by atoms with Crippen molar-refractivity contribution >= 4 is 23.1 Å². The molecule has 0 aromatic carbocycles. The molecule has 5 heterocycles. The molecule has 1 N–H and O–H groups in total. The Labute approximate surface area is 167 Å². The molecule has 148 valence electrons. The van der Waals surface area contributed by atoms with E-state index in [9.17, 15) is 13.2 Å². The zero-order valence-electron chi connectivity index (χ0n) is 14.7. The molecule has 0 spiro atoms. The molecule has 0 saturated carbocycles. The SMILES string of the molecule is FC(F)(F)c1cnc(N2CCc3[nH]cnc3C2c2cc3c(Cl)cccn3n2)nc1. The van der Waals surface area contributed by atoms with Crippen molar-refractivity contribution in [3.8, 4) is 0 Å². The topological polar surface area (TPSA) is 75.0 Å². The van der Waals surface area contributed by atoms with Crippen LogP contribution in [0.3, 0.4) is 0 Å². The van der Waals surface area contributed by atoms with Gasteiger partial charge in [0.1, 0.15) is 6.04 Å². The van der Waals surface area contributed by atoms with Crippen LogP contribution in [-0.4, -0.2) is 36.1 Å². The normalized spacial score (nSPS) is 17.0. The summed E-state index contributed by atoms with van der Waals surface area (Å²) in [5.74, 6) is 0.180. The van der Waals surface area contributed by atoms with E-state index >= 15 is 0 Å². The molecule has 0 fully saturated rings. The van der Waals surface area contributed by atoms with E-state index in [1.165, 1.54) is 0 Å². The molecule has 4 aromatic heterocycles. The summed E-state index contributed by atoms with van der Waals surface area (Å²) in [5, 5.41) is 5.15.